The van der Waals surface area contributed by atoms with Crippen molar-refractivity contribution in [1.29, 1.82) is 0 Å². The highest BCUT2D eigenvalue weighted by Crippen LogP contribution is 2.10. The topological polar surface area (TPSA) is 34.6 Å². The molecule has 4 nitrogen and oxygen atoms in total. The monoisotopic (exact) mass is 410 g/mol. The number of rotatable bonds is 0. The molecule has 0 spiro atoms. The summed E-state index contributed by atoms with van der Waals surface area (Å²) in [5.41, 5.74) is 3.15. The Kier molecular flexibility index (Phi) is 4.12. The molecule has 0 aliphatic rings. The van der Waals surface area contributed by atoms with E-state index in [1.54, 1.807) is 6.20 Å². The molecule has 0 unspecified atom stereocenters. The highest BCUT2D eigenvalue weighted by Gasteiger charge is 1.97. The first-order valence-corrected chi connectivity index (χ1v) is 7.76. The second kappa shape index (κ2) is 6.03. The lowest BCUT2D eigenvalue weighted by molar-refractivity contribution is 1.14. The fourth-order valence-corrected chi connectivity index (χ4v) is 2.64. The molecular formula is C15H12ClIN4. The van der Waals surface area contributed by atoms with Gasteiger partial charge >= 0.3 is 0 Å². The zero-order valence-corrected chi connectivity index (χ0v) is 14.2. The van der Waals surface area contributed by atoms with E-state index in [1.807, 2.05) is 41.3 Å². The van der Waals surface area contributed by atoms with Gasteiger partial charge in [0, 0.05) is 29.8 Å². The summed E-state index contributed by atoms with van der Waals surface area (Å²) < 4.78 is 5.12. The molecule has 0 radical (unpaired) electrons. The zero-order chi connectivity index (χ0) is 14.8. The fraction of sp³-hybridized carbons (Fsp3) is 0.0667. The Morgan fingerprint density at radius 3 is 2.76 bits per heavy atom. The van der Waals surface area contributed by atoms with E-state index in [-0.39, 0.29) is 0 Å². The Morgan fingerprint density at radius 1 is 1.05 bits per heavy atom. The summed E-state index contributed by atoms with van der Waals surface area (Å²) in [4.78, 5) is 8.29. The van der Waals surface area contributed by atoms with Gasteiger partial charge in [-0.05, 0) is 59.3 Å². The summed E-state index contributed by atoms with van der Waals surface area (Å²) in [6, 6.07) is 7.80. The molecule has 4 rings (SSSR count). The third-order valence-electron chi connectivity index (χ3n) is 2.98. The molecule has 0 saturated heterocycles. The van der Waals surface area contributed by atoms with Crippen molar-refractivity contribution in [3.8, 4) is 0 Å². The standard InChI is InChI=1S/C8H7IN2.C7H5ClN2/c1-6-2-3-11-7(9)5-10-8(11)4-6;8-6-1-3-10-4-2-9-7(10)5-6/h2-5H,1H3;1-5H. The molecule has 4 aromatic heterocycles. The Labute approximate surface area is 140 Å². The Bertz CT molecular complexity index is 897. The average Bonchev–Trinajstić information content (AvgIpc) is 3.06. The molecule has 0 fully saturated rings. The van der Waals surface area contributed by atoms with Gasteiger partial charge in [0.2, 0.25) is 0 Å². The van der Waals surface area contributed by atoms with Crippen molar-refractivity contribution in [2.24, 2.45) is 0 Å². The SMILES string of the molecule is Cc1ccn2c(I)cnc2c1.Clc1ccn2ccnc2c1. The van der Waals surface area contributed by atoms with Crippen molar-refractivity contribution in [2.45, 2.75) is 6.92 Å². The Morgan fingerprint density at radius 2 is 1.90 bits per heavy atom. The van der Waals surface area contributed by atoms with E-state index in [2.05, 4.69) is 56.0 Å². The number of fused-ring (bicyclic) bond motifs is 2. The van der Waals surface area contributed by atoms with Crippen LogP contribution in [-0.4, -0.2) is 18.8 Å². The van der Waals surface area contributed by atoms with E-state index < -0.39 is 0 Å². The second-order valence-corrected chi connectivity index (χ2v) is 6.09. The molecule has 106 valence electrons. The van der Waals surface area contributed by atoms with Gasteiger partial charge < -0.3 is 4.40 Å². The molecule has 4 heterocycles. The van der Waals surface area contributed by atoms with Crippen LogP contribution >= 0.6 is 34.2 Å². The maximum absolute atomic E-state index is 5.72. The van der Waals surface area contributed by atoms with Crippen molar-refractivity contribution >= 4 is 45.5 Å². The maximum atomic E-state index is 5.72. The van der Waals surface area contributed by atoms with E-state index in [0.717, 1.165) is 20.0 Å². The molecule has 0 N–H and O–H groups in total. The van der Waals surface area contributed by atoms with Crippen molar-refractivity contribution < 1.29 is 0 Å². The summed E-state index contributed by atoms with van der Waals surface area (Å²) >= 11 is 7.99. The van der Waals surface area contributed by atoms with Crippen molar-refractivity contribution in [3.63, 3.8) is 0 Å². The number of hydrogen-bond donors (Lipinski definition) is 0. The van der Waals surface area contributed by atoms with Gasteiger partial charge in [-0.1, -0.05) is 11.6 Å². The average molecular weight is 411 g/mol. The lowest BCUT2D eigenvalue weighted by Gasteiger charge is -1.94. The van der Waals surface area contributed by atoms with Gasteiger partial charge in [0.25, 0.3) is 0 Å². The minimum absolute atomic E-state index is 0.721. The summed E-state index contributed by atoms with van der Waals surface area (Å²) in [5, 5.41) is 0.721. The van der Waals surface area contributed by atoms with Crippen LogP contribution in [0.4, 0.5) is 0 Å². The molecule has 0 atom stereocenters. The van der Waals surface area contributed by atoms with Gasteiger partial charge in [-0.3, -0.25) is 4.40 Å². The number of hydrogen-bond acceptors (Lipinski definition) is 2. The van der Waals surface area contributed by atoms with Gasteiger partial charge in [-0.15, -0.1) is 0 Å². The van der Waals surface area contributed by atoms with Crippen LogP contribution in [0.25, 0.3) is 11.3 Å². The first-order valence-electron chi connectivity index (χ1n) is 6.31. The van der Waals surface area contributed by atoms with Gasteiger partial charge in [0.15, 0.2) is 0 Å². The Hall–Kier alpha value is -1.60. The largest absolute Gasteiger partial charge is 0.307 e. The molecule has 6 heteroatoms. The summed E-state index contributed by atoms with van der Waals surface area (Å²) in [6.07, 6.45) is 9.41. The molecular weight excluding hydrogens is 399 g/mol. The number of pyridine rings is 2. The third-order valence-corrected chi connectivity index (χ3v) is 4.02. The normalized spacial score (nSPS) is 10.6. The van der Waals surface area contributed by atoms with Gasteiger partial charge in [0.05, 0.1) is 6.20 Å². The van der Waals surface area contributed by atoms with Crippen LogP contribution in [0.3, 0.4) is 0 Å². The fourth-order valence-electron chi connectivity index (χ4n) is 1.94. The predicted octanol–water partition coefficient (Wildman–Crippen LogP) is 4.24. The summed E-state index contributed by atoms with van der Waals surface area (Å²) in [7, 11) is 0. The minimum Gasteiger partial charge on any atom is -0.307 e. The van der Waals surface area contributed by atoms with Crippen LogP contribution in [-0.2, 0) is 0 Å². The van der Waals surface area contributed by atoms with Crippen LogP contribution in [0, 0.1) is 10.6 Å². The molecule has 0 bridgehead atoms. The molecule has 0 aromatic carbocycles. The number of aryl methyl sites for hydroxylation is 1. The van der Waals surface area contributed by atoms with Gasteiger partial charge in [-0.2, -0.15) is 0 Å². The number of nitrogens with zero attached hydrogens (tertiary/aromatic N) is 4. The zero-order valence-electron chi connectivity index (χ0n) is 11.2. The minimum atomic E-state index is 0.721. The number of halogens is 2. The summed E-state index contributed by atoms with van der Waals surface area (Å²) in [5.74, 6) is 0. The molecule has 21 heavy (non-hydrogen) atoms. The number of aromatic nitrogens is 4. The van der Waals surface area contributed by atoms with Gasteiger partial charge in [-0.25, -0.2) is 9.97 Å². The molecule has 0 aliphatic heterocycles. The van der Waals surface area contributed by atoms with Crippen LogP contribution in [0.2, 0.25) is 5.02 Å². The van der Waals surface area contributed by atoms with E-state index in [4.69, 9.17) is 11.6 Å². The van der Waals surface area contributed by atoms with Crippen molar-refractivity contribution in [2.75, 3.05) is 0 Å². The first kappa shape index (κ1) is 14.3. The van der Waals surface area contributed by atoms with E-state index in [1.165, 1.54) is 5.56 Å². The van der Waals surface area contributed by atoms with Gasteiger partial charge in [0.1, 0.15) is 15.0 Å². The van der Waals surface area contributed by atoms with E-state index in [9.17, 15) is 0 Å². The molecule has 0 saturated carbocycles. The van der Waals surface area contributed by atoms with Crippen LogP contribution in [0.15, 0.2) is 55.2 Å². The second-order valence-electron chi connectivity index (χ2n) is 4.55. The lowest BCUT2D eigenvalue weighted by Crippen LogP contribution is -1.85. The highest BCUT2D eigenvalue weighted by atomic mass is 127. The van der Waals surface area contributed by atoms with E-state index in [0.29, 0.717) is 0 Å². The van der Waals surface area contributed by atoms with Crippen LogP contribution in [0.5, 0.6) is 0 Å². The van der Waals surface area contributed by atoms with Crippen molar-refractivity contribution in [1.82, 2.24) is 18.8 Å². The smallest absolute Gasteiger partial charge is 0.138 e. The Balaban J connectivity index is 0.000000126. The highest BCUT2D eigenvalue weighted by molar-refractivity contribution is 14.1. The van der Waals surface area contributed by atoms with Crippen LogP contribution < -0.4 is 0 Å². The molecule has 4 aromatic rings. The quantitative estimate of drug-likeness (QED) is 0.407. The first-order chi connectivity index (χ1) is 10.1. The van der Waals surface area contributed by atoms with Crippen molar-refractivity contribution in [3.05, 3.63) is 69.5 Å². The maximum Gasteiger partial charge on any atom is 0.138 e. The van der Waals surface area contributed by atoms with Crippen LogP contribution in [0.1, 0.15) is 5.56 Å². The predicted molar refractivity (Wildman–Crippen MR) is 92.8 cm³/mol. The van der Waals surface area contributed by atoms with E-state index >= 15 is 0 Å². The third kappa shape index (κ3) is 3.19. The number of imidazole rings is 2. The molecule has 0 amide bonds. The lowest BCUT2D eigenvalue weighted by atomic mass is 10.3. The molecule has 0 aliphatic carbocycles. The summed E-state index contributed by atoms with van der Waals surface area (Å²) in [6.45, 7) is 2.07.